The van der Waals surface area contributed by atoms with Gasteiger partial charge in [0.15, 0.2) is 40.1 Å². The molecule has 3 rings (SSSR count). The first-order valence-corrected chi connectivity index (χ1v) is 9.61. The maximum absolute atomic E-state index is 12.5. The van der Waals surface area contributed by atoms with Gasteiger partial charge in [-0.2, -0.15) is 0 Å². The third-order valence-electron chi connectivity index (χ3n) is 4.57. The van der Waals surface area contributed by atoms with Crippen molar-refractivity contribution < 1.29 is 14.1 Å². The van der Waals surface area contributed by atoms with Crippen LogP contribution in [0.1, 0.15) is 43.0 Å². The molecule has 0 bridgehead atoms. The SMILES string of the molecule is CCCC[n+]1c(COC(=O)c2nc(Cl)c(N)nc2N)n(CC)c2ccccc21. The summed E-state index contributed by atoms with van der Waals surface area (Å²) in [6.07, 6.45) is 2.09. The van der Waals surface area contributed by atoms with E-state index >= 15 is 0 Å². The third-order valence-corrected chi connectivity index (χ3v) is 4.85. The van der Waals surface area contributed by atoms with Crippen LogP contribution in [0.4, 0.5) is 11.6 Å². The number of unbranched alkanes of at least 4 members (excludes halogenated alkanes) is 1. The number of anilines is 2. The van der Waals surface area contributed by atoms with Crippen molar-refractivity contribution in [1.82, 2.24) is 14.5 Å². The van der Waals surface area contributed by atoms with Gasteiger partial charge in [0.05, 0.1) is 13.1 Å². The lowest BCUT2D eigenvalue weighted by Gasteiger charge is -2.08. The highest BCUT2D eigenvalue weighted by Gasteiger charge is 2.26. The molecule has 4 N–H and O–H groups in total. The predicted molar refractivity (Wildman–Crippen MR) is 108 cm³/mol. The van der Waals surface area contributed by atoms with Crippen molar-refractivity contribution in [2.24, 2.45) is 0 Å². The lowest BCUT2D eigenvalue weighted by molar-refractivity contribution is -0.682. The molecule has 0 aliphatic heterocycles. The molecule has 3 aromatic rings. The standard InChI is InChI=1S/C19H23ClN6O2/c1-3-5-10-26-13-9-7-6-8-12(13)25(4-2)14(26)11-28-19(27)15-17(21)24-18(22)16(20)23-15/h6-9H,3-5,10-11H2,1-2H3,(H3-,21,22,24,27)/p+1. The summed E-state index contributed by atoms with van der Waals surface area (Å²) in [5, 5.41) is -0.0816. The van der Waals surface area contributed by atoms with E-state index in [2.05, 4.69) is 45.1 Å². The first-order chi connectivity index (χ1) is 13.5. The molecule has 0 amide bonds. The number of nitrogens with two attached hydrogens (primary N) is 2. The Morgan fingerprint density at radius 3 is 2.68 bits per heavy atom. The van der Waals surface area contributed by atoms with E-state index in [-0.39, 0.29) is 29.1 Å². The fraction of sp³-hybridized carbons (Fsp3) is 0.368. The smallest absolute Gasteiger partial charge is 0.361 e. The highest BCUT2D eigenvalue weighted by Crippen LogP contribution is 2.19. The van der Waals surface area contributed by atoms with Crippen LogP contribution < -0.4 is 16.0 Å². The Morgan fingerprint density at radius 2 is 1.96 bits per heavy atom. The summed E-state index contributed by atoms with van der Waals surface area (Å²) in [4.78, 5) is 20.3. The summed E-state index contributed by atoms with van der Waals surface area (Å²) in [6.45, 7) is 5.87. The Balaban J connectivity index is 1.93. The molecule has 8 nitrogen and oxygen atoms in total. The summed E-state index contributed by atoms with van der Waals surface area (Å²) in [5.41, 5.74) is 13.4. The molecule has 2 heterocycles. The molecule has 2 aromatic heterocycles. The summed E-state index contributed by atoms with van der Waals surface area (Å²) < 4.78 is 9.86. The number of aryl methyl sites for hydroxylation is 2. The maximum Gasteiger partial charge on any atom is 0.361 e. The molecule has 0 saturated carbocycles. The number of imidazole rings is 1. The number of para-hydroxylation sites is 2. The number of esters is 1. The van der Waals surface area contributed by atoms with Crippen molar-refractivity contribution in [2.75, 3.05) is 11.5 Å². The molecular formula is C19H24ClN6O2+. The minimum Gasteiger partial charge on any atom is -0.448 e. The topological polar surface area (TPSA) is 113 Å². The monoisotopic (exact) mass is 403 g/mol. The number of benzene rings is 1. The van der Waals surface area contributed by atoms with Gasteiger partial charge in [-0.15, -0.1) is 0 Å². The molecule has 1 aromatic carbocycles. The number of nitrogens with zero attached hydrogens (tertiary/aromatic N) is 4. The largest absolute Gasteiger partial charge is 0.448 e. The van der Waals surface area contributed by atoms with Gasteiger partial charge in [0, 0.05) is 0 Å². The van der Waals surface area contributed by atoms with Crippen LogP contribution in [0.15, 0.2) is 24.3 Å². The van der Waals surface area contributed by atoms with Gasteiger partial charge in [0.2, 0.25) is 0 Å². The van der Waals surface area contributed by atoms with E-state index < -0.39 is 5.97 Å². The van der Waals surface area contributed by atoms with Gasteiger partial charge in [-0.25, -0.2) is 23.9 Å². The number of rotatable bonds is 7. The molecular weight excluding hydrogens is 380 g/mol. The zero-order valence-electron chi connectivity index (χ0n) is 16.0. The Morgan fingerprint density at radius 1 is 1.21 bits per heavy atom. The molecule has 0 saturated heterocycles. The van der Waals surface area contributed by atoms with Crippen molar-refractivity contribution in [3.8, 4) is 0 Å². The van der Waals surface area contributed by atoms with Crippen LogP contribution in [0.3, 0.4) is 0 Å². The molecule has 9 heteroatoms. The average molecular weight is 404 g/mol. The van der Waals surface area contributed by atoms with Crippen LogP contribution in [0.5, 0.6) is 0 Å². The Bertz CT molecular complexity index is 1020. The fourth-order valence-corrected chi connectivity index (χ4v) is 3.34. The fourth-order valence-electron chi connectivity index (χ4n) is 3.21. The summed E-state index contributed by atoms with van der Waals surface area (Å²) in [7, 11) is 0. The second kappa shape index (κ2) is 8.43. The average Bonchev–Trinajstić information content (AvgIpc) is 2.99. The normalized spacial score (nSPS) is 11.1. The van der Waals surface area contributed by atoms with E-state index in [1.165, 1.54) is 0 Å². The molecule has 0 aliphatic carbocycles. The predicted octanol–water partition coefficient (Wildman–Crippen LogP) is 2.71. The maximum atomic E-state index is 12.5. The number of nitrogen functional groups attached to an aromatic ring is 2. The van der Waals surface area contributed by atoms with Crippen molar-refractivity contribution in [2.45, 2.75) is 46.4 Å². The van der Waals surface area contributed by atoms with E-state index in [4.69, 9.17) is 27.8 Å². The zero-order valence-corrected chi connectivity index (χ0v) is 16.7. The van der Waals surface area contributed by atoms with Gasteiger partial charge in [-0.3, -0.25) is 0 Å². The summed E-state index contributed by atoms with van der Waals surface area (Å²) in [5.74, 6) is 0.0708. The van der Waals surface area contributed by atoms with E-state index in [1.807, 2.05) is 12.1 Å². The van der Waals surface area contributed by atoms with E-state index in [0.29, 0.717) is 0 Å². The van der Waals surface area contributed by atoms with E-state index in [9.17, 15) is 4.79 Å². The van der Waals surface area contributed by atoms with Gasteiger partial charge < -0.3 is 16.2 Å². The van der Waals surface area contributed by atoms with Gasteiger partial charge >= 0.3 is 5.97 Å². The number of hydrogen-bond donors (Lipinski definition) is 2. The second-order valence-corrected chi connectivity index (χ2v) is 6.72. The van der Waals surface area contributed by atoms with Gasteiger partial charge in [0.25, 0.3) is 5.82 Å². The highest BCUT2D eigenvalue weighted by atomic mass is 35.5. The van der Waals surface area contributed by atoms with Gasteiger partial charge in [-0.1, -0.05) is 37.1 Å². The van der Waals surface area contributed by atoms with Crippen molar-refractivity contribution in [1.29, 1.82) is 0 Å². The molecule has 148 valence electrons. The minimum atomic E-state index is -0.693. The van der Waals surface area contributed by atoms with Crippen LogP contribution in [0.2, 0.25) is 5.15 Å². The molecule has 0 aliphatic rings. The van der Waals surface area contributed by atoms with E-state index in [0.717, 1.165) is 42.8 Å². The van der Waals surface area contributed by atoms with Crippen LogP contribution in [0, 0.1) is 0 Å². The minimum absolute atomic E-state index is 0.0285. The van der Waals surface area contributed by atoms with Crippen LogP contribution >= 0.6 is 11.6 Å². The summed E-state index contributed by atoms with van der Waals surface area (Å²) in [6, 6.07) is 8.15. The molecule has 0 fully saturated rings. The number of carbonyl (C=O) groups excluding carboxylic acids is 1. The Hall–Kier alpha value is -2.87. The number of carbonyl (C=O) groups is 1. The summed E-state index contributed by atoms with van der Waals surface area (Å²) >= 11 is 5.86. The number of hydrogen-bond acceptors (Lipinski definition) is 6. The number of aromatic nitrogens is 4. The van der Waals surface area contributed by atoms with Crippen molar-refractivity contribution >= 4 is 40.2 Å². The van der Waals surface area contributed by atoms with Crippen LogP contribution in [-0.2, 0) is 24.4 Å². The van der Waals surface area contributed by atoms with Crippen LogP contribution in [-0.4, -0.2) is 20.5 Å². The first kappa shape index (κ1) is 19.9. The Kier molecular flexibility index (Phi) is 5.99. The molecule has 28 heavy (non-hydrogen) atoms. The zero-order chi connectivity index (χ0) is 20.3. The quantitative estimate of drug-likeness (QED) is 0.463. The first-order valence-electron chi connectivity index (χ1n) is 9.23. The number of ether oxygens (including phenoxy) is 1. The molecule has 0 radical (unpaired) electrons. The number of fused-ring (bicyclic) bond motifs is 1. The van der Waals surface area contributed by atoms with Crippen molar-refractivity contribution in [3.05, 3.63) is 40.9 Å². The van der Waals surface area contributed by atoms with Crippen LogP contribution in [0.25, 0.3) is 11.0 Å². The lowest BCUT2D eigenvalue weighted by Crippen LogP contribution is -2.38. The second-order valence-electron chi connectivity index (χ2n) is 6.36. The lowest BCUT2D eigenvalue weighted by atomic mass is 10.3. The number of halogens is 1. The molecule has 0 atom stereocenters. The molecule has 0 spiro atoms. The Labute approximate surface area is 168 Å². The van der Waals surface area contributed by atoms with Gasteiger partial charge in [0.1, 0.15) is 0 Å². The third kappa shape index (κ3) is 3.73. The highest BCUT2D eigenvalue weighted by molar-refractivity contribution is 6.31. The van der Waals surface area contributed by atoms with E-state index in [1.54, 1.807) is 0 Å². The molecule has 0 unspecified atom stereocenters. The van der Waals surface area contributed by atoms with Gasteiger partial charge in [-0.05, 0) is 25.5 Å². The van der Waals surface area contributed by atoms with Crippen molar-refractivity contribution in [3.63, 3.8) is 0 Å².